The molecule has 0 amide bonds. The zero-order valence-corrected chi connectivity index (χ0v) is 30.1. The van der Waals surface area contributed by atoms with E-state index in [9.17, 15) is 24.0 Å². The lowest BCUT2D eigenvalue weighted by Gasteiger charge is -2.46. The van der Waals surface area contributed by atoms with E-state index in [-0.39, 0.29) is 13.4 Å². The van der Waals surface area contributed by atoms with Crippen LogP contribution in [0.25, 0.3) is 0 Å². The van der Waals surface area contributed by atoms with E-state index >= 15 is 0 Å². The first-order valence-electron chi connectivity index (χ1n) is 16.7. The maximum absolute atomic E-state index is 13.8. The summed E-state index contributed by atoms with van der Waals surface area (Å²) in [6.45, 7) is 3.98. The van der Waals surface area contributed by atoms with Crippen LogP contribution < -0.4 is 23.7 Å². The lowest BCUT2D eigenvalue weighted by atomic mass is 9.66. The van der Waals surface area contributed by atoms with Crippen molar-refractivity contribution in [2.24, 2.45) is 11.8 Å². The minimum atomic E-state index is -1.53. The largest absolute Gasteiger partial charge is 0.493 e. The summed E-state index contributed by atoms with van der Waals surface area (Å²) in [6, 6.07) is 7.00. The number of esters is 5. The number of fused-ring (bicyclic) bond motifs is 3. The molecule has 3 heterocycles. The second-order valence-corrected chi connectivity index (χ2v) is 12.7. The van der Waals surface area contributed by atoms with Gasteiger partial charge in [-0.05, 0) is 41.0 Å². The summed E-state index contributed by atoms with van der Waals surface area (Å²) >= 11 is 0. The highest BCUT2D eigenvalue weighted by molar-refractivity contribution is 5.79. The second kappa shape index (κ2) is 15.4. The standard InChI is InChI=1S/C36H40O17/c1-15(37)45-13-27-32(49-16(2)38)33(50-17(3)39)34(51-18(4)40)36(52-27)53-30-21-11-24-23(47-14-48-24)10-20(21)28(29-22(30)12-46-35(29)41)19-8-25(42-5)31(44-7)26(9-19)43-6/h8-11,22,27-30,32-34,36H,12-14H2,1-7H3/t22-,27?,28?,29-,30+,32?,33?,34?,36?/m0/s1. The molecule has 6 unspecified atom stereocenters. The predicted molar refractivity (Wildman–Crippen MR) is 174 cm³/mol. The fraction of sp³-hybridized carbons (Fsp3) is 0.528. The van der Waals surface area contributed by atoms with Crippen LogP contribution in [0.2, 0.25) is 0 Å². The monoisotopic (exact) mass is 744 g/mol. The Morgan fingerprint density at radius 2 is 1.30 bits per heavy atom. The number of methoxy groups -OCH3 is 3. The first kappa shape index (κ1) is 37.5. The van der Waals surface area contributed by atoms with E-state index in [4.69, 9.17) is 56.8 Å². The van der Waals surface area contributed by atoms with Crippen molar-refractivity contribution in [3.63, 3.8) is 0 Å². The van der Waals surface area contributed by atoms with Crippen LogP contribution >= 0.6 is 0 Å². The molecule has 3 aliphatic heterocycles. The van der Waals surface area contributed by atoms with Crippen LogP contribution in [0, 0.1) is 11.8 Å². The molecule has 2 aromatic rings. The van der Waals surface area contributed by atoms with Crippen LogP contribution in [0.15, 0.2) is 24.3 Å². The van der Waals surface area contributed by atoms with E-state index < -0.39 is 91.0 Å². The molecule has 2 aromatic carbocycles. The van der Waals surface area contributed by atoms with Crippen LogP contribution in [0.3, 0.4) is 0 Å². The highest BCUT2D eigenvalue weighted by Crippen LogP contribution is 2.57. The maximum Gasteiger partial charge on any atom is 0.310 e. The average Bonchev–Trinajstić information content (AvgIpc) is 3.73. The summed E-state index contributed by atoms with van der Waals surface area (Å²) in [4.78, 5) is 62.8. The van der Waals surface area contributed by atoms with Gasteiger partial charge in [-0.3, -0.25) is 24.0 Å². The van der Waals surface area contributed by atoms with Gasteiger partial charge in [0.1, 0.15) is 12.7 Å². The van der Waals surface area contributed by atoms with Crippen molar-refractivity contribution in [3.8, 4) is 28.7 Å². The Morgan fingerprint density at radius 1 is 0.717 bits per heavy atom. The van der Waals surface area contributed by atoms with Crippen LogP contribution in [-0.2, 0) is 57.1 Å². The third kappa shape index (κ3) is 7.35. The number of carbonyl (C=O) groups excluding carboxylic acids is 5. The molecule has 0 bridgehead atoms. The first-order valence-corrected chi connectivity index (χ1v) is 16.7. The Morgan fingerprint density at radius 3 is 1.87 bits per heavy atom. The molecule has 2 saturated heterocycles. The molecule has 0 saturated carbocycles. The molecule has 53 heavy (non-hydrogen) atoms. The number of carbonyl (C=O) groups is 5. The summed E-state index contributed by atoms with van der Waals surface area (Å²) in [6.07, 6.45) is -8.16. The third-order valence-electron chi connectivity index (χ3n) is 9.39. The number of rotatable bonds is 11. The van der Waals surface area contributed by atoms with Gasteiger partial charge in [-0.25, -0.2) is 0 Å². The summed E-state index contributed by atoms with van der Waals surface area (Å²) in [5, 5.41) is 0. The van der Waals surface area contributed by atoms with E-state index in [0.29, 0.717) is 45.4 Å². The Bertz CT molecular complexity index is 1750. The van der Waals surface area contributed by atoms with Crippen LogP contribution in [0.5, 0.6) is 28.7 Å². The maximum atomic E-state index is 13.8. The summed E-state index contributed by atoms with van der Waals surface area (Å²) < 4.78 is 69.0. The number of benzene rings is 2. The van der Waals surface area contributed by atoms with E-state index in [0.717, 1.165) is 20.8 Å². The van der Waals surface area contributed by atoms with Crippen molar-refractivity contribution >= 4 is 29.8 Å². The average molecular weight is 745 g/mol. The highest BCUT2D eigenvalue weighted by Gasteiger charge is 2.57. The van der Waals surface area contributed by atoms with E-state index in [1.807, 2.05) is 0 Å². The van der Waals surface area contributed by atoms with Crippen LogP contribution in [-0.4, -0.2) is 102 Å². The molecule has 6 rings (SSSR count). The van der Waals surface area contributed by atoms with Gasteiger partial charge >= 0.3 is 29.8 Å². The van der Waals surface area contributed by atoms with Crippen molar-refractivity contribution in [2.75, 3.05) is 41.3 Å². The molecular formula is C36H40O17. The van der Waals surface area contributed by atoms with Gasteiger partial charge in [0.15, 0.2) is 47.6 Å². The van der Waals surface area contributed by atoms with Gasteiger partial charge in [-0.2, -0.15) is 0 Å². The summed E-state index contributed by atoms with van der Waals surface area (Å²) in [7, 11) is 4.45. The van der Waals surface area contributed by atoms with Crippen LogP contribution in [0.1, 0.15) is 56.4 Å². The van der Waals surface area contributed by atoms with Crippen molar-refractivity contribution in [2.45, 2.75) is 70.4 Å². The lowest BCUT2D eigenvalue weighted by Crippen LogP contribution is -2.63. The molecule has 0 spiro atoms. The van der Waals surface area contributed by atoms with Gasteiger partial charge in [-0.15, -0.1) is 0 Å². The molecule has 0 radical (unpaired) electrons. The van der Waals surface area contributed by atoms with Gasteiger partial charge in [0.05, 0.1) is 40.0 Å². The summed E-state index contributed by atoms with van der Waals surface area (Å²) in [5.74, 6) is -3.79. The van der Waals surface area contributed by atoms with Crippen molar-refractivity contribution in [3.05, 3.63) is 41.0 Å². The molecule has 2 fully saturated rings. The third-order valence-corrected chi connectivity index (χ3v) is 9.39. The molecule has 4 aliphatic rings. The molecule has 1 aliphatic carbocycles. The Balaban J connectivity index is 1.49. The van der Waals surface area contributed by atoms with Gasteiger partial charge < -0.3 is 56.8 Å². The smallest absolute Gasteiger partial charge is 0.310 e. The molecular weight excluding hydrogens is 704 g/mol. The molecule has 17 nitrogen and oxygen atoms in total. The Hall–Kier alpha value is -5.29. The minimum Gasteiger partial charge on any atom is -0.493 e. The van der Waals surface area contributed by atoms with E-state index in [2.05, 4.69) is 0 Å². The zero-order chi connectivity index (χ0) is 38.1. The van der Waals surface area contributed by atoms with E-state index in [1.165, 1.54) is 28.3 Å². The molecule has 17 heteroatoms. The van der Waals surface area contributed by atoms with Gasteiger partial charge in [-0.1, -0.05) is 0 Å². The van der Waals surface area contributed by atoms with E-state index in [1.54, 1.807) is 24.3 Å². The normalized spacial score (nSPS) is 28.1. The second-order valence-electron chi connectivity index (χ2n) is 12.7. The molecule has 9 atom stereocenters. The Labute approximate surface area is 303 Å². The predicted octanol–water partition coefficient (Wildman–Crippen LogP) is 2.52. The number of hydrogen-bond acceptors (Lipinski definition) is 17. The van der Waals surface area contributed by atoms with Crippen molar-refractivity contribution in [1.29, 1.82) is 0 Å². The Kier molecular flexibility index (Phi) is 10.9. The fourth-order valence-electron chi connectivity index (χ4n) is 7.41. The number of hydrogen-bond donors (Lipinski definition) is 0. The van der Waals surface area contributed by atoms with Crippen molar-refractivity contribution < 1.29 is 80.8 Å². The minimum absolute atomic E-state index is 0.0484. The van der Waals surface area contributed by atoms with Gasteiger partial charge in [0.25, 0.3) is 0 Å². The zero-order valence-electron chi connectivity index (χ0n) is 30.1. The first-order chi connectivity index (χ1) is 25.3. The quantitative estimate of drug-likeness (QED) is 0.240. The lowest BCUT2D eigenvalue weighted by molar-refractivity contribution is -0.322. The SMILES string of the molecule is COc1cc(C2c3cc4c(cc3[C@@H](OC3OC(COC(C)=O)C(OC(C)=O)C(OC(C)=O)C3OC(C)=O)[C@H]3COC(=O)[C@H]23)OCO4)cc(OC)c1OC. The summed E-state index contributed by atoms with van der Waals surface area (Å²) in [5.41, 5.74) is 1.80. The molecule has 286 valence electrons. The van der Waals surface area contributed by atoms with Gasteiger partial charge in [0.2, 0.25) is 12.5 Å². The van der Waals surface area contributed by atoms with Crippen molar-refractivity contribution in [1.82, 2.24) is 0 Å². The number of cyclic esters (lactones) is 1. The molecule has 0 aromatic heterocycles. The fourth-order valence-corrected chi connectivity index (χ4v) is 7.41. The topological polar surface area (TPSA) is 196 Å². The van der Waals surface area contributed by atoms with Crippen LogP contribution in [0.4, 0.5) is 0 Å². The van der Waals surface area contributed by atoms with Gasteiger partial charge in [0, 0.05) is 39.5 Å². The number of ether oxygens (including phenoxy) is 12. The molecule has 0 N–H and O–H groups in total. The highest BCUT2D eigenvalue weighted by atomic mass is 16.7.